The van der Waals surface area contributed by atoms with Crippen LogP contribution >= 0.6 is 0 Å². The number of ether oxygens (including phenoxy) is 1. The van der Waals surface area contributed by atoms with Crippen LogP contribution in [0.2, 0.25) is 0 Å². The summed E-state index contributed by atoms with van der Waals surface area (Å²) >= 11 is 0. The molecule has 2 heteroatoms. The predicted octanol–water partition coefficient (Wildman–Crippen LogP) is 3.31. The molecule has 1 aliphatic rings. The maximum absolute atomic E-state index is 5.50. The molecule has 0 radical (unpaired) electrons. The van der Waals surface area contributed by atoms with Gasteiger partial charge in [-0.1, -0.05) is 24.3 Å². The van der Waals surface area contributed by atoms with Crippen LogP contribution in [0.15, 0.2) is 36.0 Å². The van der Waals surface area contributed by atoms with Gasteiger partial charge in [0.15, 0.2) is 0 Å². The molecular weight excluding hydrogens is 222 g/mol. The molecule has 0 heterocycles. The molecule has 0 N–H and O–H groups in total. The van der Waals surface area contributed by atoms with Gasteiger partial charge in [0.25, 0.3) is 0 Å². The van der Waals surface area contributed by atoms with Gasteiger partial charge in [0.05, 0.1) is 7.11 Å². The van der Waals surface area contributed by atoms with Crippen molar-refractivity contribution >= 4 is 16.8 Å². The average molecular weight is 239 g/mol. The van der Waals surface area contributed by atoms with Crippen molar-refractivity contribution in [3.63, 3.8) is 0 Å². The Morgan fingerprint density at radius 3 is 2.67 bits per heavy atom. The number of rotatable bonds is 2. The second kappa shape index (κ2) is 4.05. The predicted molar refractivity (Wildman–Crippen MR) is 75.9 cm³/mol. The molecule has 2 aromatic rings. The quantitative estimate of drug-likeness (QED) is 0.797. The molecule has 0 bridgehead atoms. The van der Waals surface area contributed by atoms with E-state index in [0.717, 1.165) is 12.2 Å². The fraction of sp³-hybridized carbons (Fsp3) is 0.250. The molecule has 2 aromatic carbocycles. The van der Waals surface area contributed by atoms with Crippen molar-refractivity contribution < 1.29 is 4.74 Å². The number of benzene rings is 2. The maximum Gasteiger partial charge on any atom is 0.126 e. The summed E-state index contributed by atoms with van der Waals surface area (Å²) < 4.78 is 5.50. The summed E-state index contributed by atoms with van der Waals surface area (Å²) in [5, 5.41) is 2.62. The Kier molecular flexibility index (Phi) is 2.51. The van der Waals surface area contributed by atoms with Gasteiger partial charge < -0.3 is 9.64 Å². The number of likely N-dealkylation sites (N-methyl/N-ethyl adjacent to an activating group) is 1. The summed E-state index contributed by atoms with van der Waals surface area (Å²) in [5.41, 5.74) is 3.91. The van der Waals surface area contributed by atoms with Crippen molar-refractivity contribution in [1.82, 2.24) is 4.90 Å². The van der Waals surface area contributed by atoms with Crippen LogP contribution in [0.25, 0.3) is 16.8 Å². The average Bonchev–Trinajstić information content (AvgIpc) is 2.39. The lowest BCUT2D eigenvalue weighted by atomic mass is 9.90. The molecule has 0 fully saturated rings. The van der Waals surface area contributed by atoms with E-state index in [2.05, 4.69) is 55.4 Å². The number of hydrogen-bond acceptors (Lipinski definition) is 2. The minimum atomic E-state index is 0.953. The number of hydrogen-bond donors (Lipinski definition) is 0. The normalized spacial score (nSPS) is 13.4. The van der Waals surface area contributed by atoms with Gasteiger partial charge in [-0.05, 0) is 28.5 Å². The van der Waals surface area contributed by atoms with Gasteiger partial charge in [0.2, 0.25) is 0 Å². The summed E-state index contributed by atoms with van der Waals surface area (Å²) in [4.78, 5) is 2.17. The fourth-order valence-corrected chi connectivity index (χ4v) is 2.63. The summed E-state index contributed by atoms with van der Waals surface area (Å²) in [6, 6.07) is 10.7. The lowest BCUT2D eigenvalue weighted by molar-refractivity contribution is 0.414. The van der Waals surface area contributed by atoms with Crippen LogP contribution in [0.5, 0.6) is 5.75 Å². The lowest BCUT2D eigenvalue weighted by Crippen LogP contribution is -2.15. The number of nitrogens with zero attached hydrogens (tertiary/aromatic N) is 1. The molecule has 0 saturated carbocycles. The zero-order valence-electron chi connectivity index (χ0n) is 11.0. The van der Waals surface area contributed by atoms with Crippen molar-refractivity contribution in [2.24, 2.45) is 0 Å². The molecular formula is C16H17NO. The Hall–Kier alpha value is -1.96. The largest absolute Gasteiger partial charge is 0.496 e. The summed E-state index contributed by atoms with van der Waals surface area (Å²) in [5.74, 6) is 0.953. The van der Waals surface area contributed by atoms with Gasteiger partial charge in [-0.15, -0.1) is 0 Å². The van der Waals surface area contributed by atoms with Gasteiger partial charge in [0.1, 0.15) is 5.75 Å². The van der Waals surface area contributed by atoms with Crippen molar-refractivity contribution in [3.05, 3.63) is 47.2 Å². The molecule has 0 atom stereocenters. The van der Waals surface area contributed by atoms with E-state index in [9.17, 15) is 0 Å². The first-order valence-corrected chi connectivity index (χ1v) is 6.17. The Morgan fingerprint density at radius 2 is 1.94 bits per heavy atom. The van der Waals surface area contributed by atoms with Crippen molar-refractivity contribution in [2.75, 3.05) is 21.2 Å². The van der Waals surface area contributed by atoms with Crippen LogP contribution in [-0.4, -0.2) is 26.1 Å². The molecule has 1 aliphatic carbocycles. The monoisotopic (exact) mass is 239 g/mol. The molecule has 0 amide bonds. The highest BCUT2D eigenvalue weighted by molar-refractivity contribution is 5.97. The minimum absolute atomic E-state index is 0.953. The molecule has 0 spiro atoms. The van der Waals surface area contributed by atoms with E-state index in [0.29, 0.717) is 0 Å². The first-order chi connectivity index (χ1) is 8.70. The Labute approximate surface area is 107 Å². The van der Waals surface area contributed by atoms with Gasteiger partial charge in [-0.2, -0.15) is 0 Å². The summed E-state index contributed by atoms with van der Waals surface area (Å²) in [6.45, 7) is 0. The number of allylic oxidation sites excluding steroid dienone is 1. The molecule has 92 valence electrons. The standard InChI is InChI=1S/C16H17NO/c1-17(2)13-9-12-6-4-5-11-7-8-15(18-3)14(10-13)16(11)12/h4-8,10H,9H2,1-3H3. The highest BCUT2D eigenvalue weighted by Crippen LogP contribution is 2.37. The Bertz CT molecular complexity index is 641. The molecule has 0 aliphatic heterocycles. The molecule has 18 heavy (non-hydrogen) atoms. The highest BCUT2D eigenvalue weighted by atomic mass is 16.5. The Morgan fingerprint density at radius 1 is 1.11 bits per heavy atom. The maximum atomic E-state index is 5.50. The van der Waals surface area contributed by atoms with Gasteiger partial charge >= 0.3 is 0 Å². The van der Waals surface area contributed by atoms with E-state index in [-0.39, 0.29) is 0 Å². The van der Waals surface area contributed by atoms with E-state index < -0.39 is 0 Å². The molecule has 0 unspecified atom stereocenters. The molecule has 0 aromatic heterocycles. The van der Waals surface area contributed by atoms with Crippen LogP contribution in [0.3, 0.4) is 0 Å². The van der Waals surface area contributed by atoms with Crippen LogP contribution in [0, 0.1) is 0 Å². The zero-order chi connectivity index (χ0) is 12.7. The third kappa shape index (κ3) is 1.57. The number of methoxy groups -OCH3 is 1. The van der Waals surface area contributed by atoms with E-state index >= 15 is 0 Å². The van der Waals surface area contributed by atoms with E-state index in [1.807, 2.05) is 0 Å². The lowest BCUT2D eigenvalue weighted by Gasteiger charge is -2.24. The summed E-state index contributed by atoms with van der Waals surface area (Å²) in [6.07, 6.45) is 3.23. The van der Waals surface area contributed by atoms with Crippen molar-refractivity contribution in [3.8, 4) is 5.75 Å². The van der Waals surface area contributed by atoms with Crippen molar-refractivity contribution in [2.45, 2.75) is 6.42 Å². The van der Waals surface area contributed by atoms with Gasteiger partial charge in [-0.25, -0.2) is 0 Å². The second-order valence-corrected chi connectivity index (χ2v) is 4.90. The molecule has 3 rings (SSSR count). The topological polar surface area (TPSA) is 12.5 Å². The second-order valence-electron chi connectivity index (χ2n) is 4.90. The highest BCUT2D eigenvalue weighted by Gasteiger charge is 2.17. The minimum Gasteiger partial charge on any atom is -0.496 e. The third-order valence-corrected chi connectivity index (χ3v) is 3.61. The van der Waals surface area contributed by atoms with Crippen molar-refractivity contribution in [1.29, 1.82) is 0 Å². The fourth-order valence-electron chi connectivity index (χ4n) is 2.63. The first-order valence-electron chi connectivity index (χ1n) is 6.17. The smallest absolute Gasteiger partial charge is 0.126 e. The van der Waals surface area contributed by atoms with E-state index in [4.69, 9.17) is 4.74 Å². The Balaban J connectivity index is 2.35. The molecule has 0 saturated heterocycles. The van der Waals surface area contributed by atoms with Crippen LogP contribution in [-0.2, 0) is 6.42 Å². The van der Waals surface area contributed by atoms with Crippen LogP contribution in [0.4, 0.5) is 0 Å². The van der Waals surface area contributed by atoms with Crippen LogP contribution < -0.4 is 4.74 Å². The van der Waals surface area contributed by atoms with Gasteiger partial charge in [0, 0.05) is 31.8 Å². The third-order valence-electron chi connectivity index (χ3n) is 3.61. The van der Waals surface area contributed by atoms with Gasteiger partial charge in [-0.3, -0.25) is 0 Å². The SMILES string of the molecule is COc1ccc2cccc3c2c1C=C(N(C)C)C3. The van der Waals surface area contributed by atoms with Crippen LogP contribution in [0.1, 0.15) is 11.1 Å². The van der Waals surface area contributed by atoms with E-state index in [1.165, 1.54) is 27.6 Å². The zero-order valence-corrected chi connectivity index (χ0v) is 11.0. The van der Waals surface area contributed by atoms with E-state index in [1.54, 1.807) is 7.11 Å². The molecule has 2 nitrogen and oxygen atoms in total. The first kappa shape index (κ1) is 11.1. The summed E-state index contributed by atoms with van der Waals surface area (Å²) in [7, 11) is 5.91.